The molecule has 2 aliphatic carbocycles. The lowest BCUT2D eigenvalue weighted by atomic mass is 9.88. The van der Waals surface area contributed by atoms with Gasteiger partial charge in [0, 0.05) is 0 Å². The smallest absolute Gasteiger partial charge is 0.00637 e. The van der Waals surface area contributed by atoms with Crippen LogP contribution in [0.3, 0.4) is 0 Å². The third-order valence-electron chi connectivity index (χ3n) is 7.70. The summed E-state index contributed by atoms with van der Waals surface area (Å²) in [4.78, 5) is 0. The molecule has 0 saturated heterocycles. The molecule has 0 heterocycles. The maximum absolute atomic E-state index is 2.43. The van der Waals surface area contributed by atoms with Crippen LogP contribution in [0.4, 0.5) is 0 Å². The summed E-state index contributed by atoms with van der Waals surface area (Å²) in [6.07, 6.45) is 20.1. The first-order valence-corrected chi connectivity index (χ1v) is 13.1. The minimum atomic E-state index is 0.904. The Labute approximate surface area is 217 Å². The maximum Gasteiger partial charge on any atom is -0.00637 e. The molecule has 5 aromatic carbocycles. The molecule has 0 spiro atoms. The summed E-state index contributed by atoms with van der Waals surface area (Å²) in [6.45, 7) is 2.16. The van der Waals surface area contributed by atoms with E-state index in [1.54, 1.807) is 0 Å². The highest BCUT2D eigenvalue weighted by Crippen LogP contribution is 2.38. The van der Waals surface area contributed by atoms with E-state index < -0.39 is 0 Å². The highest BCUT2D eigenvalue weighted by molar-refractivity contribution is 6.11. The Morgan fingerprint density at radius 2 is 1.49 bits per heavy atom. The van der Waals surface area contributed by atoms with Crippen LogP contribution in [0.5, 0.6) is 0 Å². The largest absolute Gasteiger partial charge is 0.0807 e. The standard InChI is InChI=1S/C37H28/c1-25-18-19-34-28(20-25)15-9-17-33(34)29-12-5-6-14-31(22-29)37-35-16-8-7-13-30(35)23-32-21-26-10-3-2-4-11-27(26)24-36(32)37/h2-3,5-13,15-24H,4,14H2,1H3. The van der Waals surface area contributed by atoms with Gasteiger partial charge in [0.05, 0.1) is 0 Å². The summed E-state index contributed by atoms with van der Waals surface area (Å²) < 4.78 is 0. The van der Waals surface area contributed by atoms with Crippen LogP contribution in [0.25, 0.3) is 55.6 Å². The van der Waals surface area contributed by atoms with Crippen molar-refractivity contribution in [3.8, 4) is 0 Å². The number of aryl methyl sites for hydroxylation is 1. The average Bonchev–Trinajstić information content (AvgIpc) is 3.30. The molecule has 7 rings (SSSR count). The third kappa shape index (κ3) is 3.86. The first-order valence-electron chi connectivity index (χ1n) is 13.1. The van der Waals surface area contributed by atoms with Crippen molar-refractivity contribution < 1.29 is 0 Å². The van der Waals surface area contributed by atoms with E-state index in [9.17, 15) is 0 Å². The van der Waals surface area contributed by atoms with Crippen molar-refractivity contribution in [3.63, 3.8) is 0 Å². The molecular formula is C37H28. The zero-order chi connectivity index (χ0) is 24.8. The van der Waals surface area contributed by atoms with Crippen molar-refractivity contribution in [3.05, 3.63) is 142 Å². The van der Waals surface area contributed by atoms with Gasteiger partial charge in [-0.3, -0.25) is 0 Å². The van der Waals surface area contributed by atoms with E-state index in [0.29, 0.717) is 0 Å². The van der Waals surface area contributed by atoms with E-state index in [4.69, 9.17) is 0 Å². The summed E-state index contributed by atoms with van der Waals surface area (Å²) in [5.74, 6) is 0. The van der Waals surface area contributed by atoms with Crippen LogP contribution in [0.1, 0.15) is 29.5 Å². The summed E-state index contributed by atoms with van der Waals surface area (Å²) in [6, 6.07) is 29.4. The highest BCUT2D eigenvalue weighted by atomic mass is 14.2. The van der Waals surface area contributed by atoms with Crippen LogP contribution in [-0.2, 0) is 0 Å². The van der Waals surface area contributed by atoms with Gasteiger partial charge >= 0.3 is 0 Å². The van der Waals surface area contributed by atoms with Crippen molar-refractivity contribution >= 4 is 55.6 Å². The first-order chi connectivity index (χ1) is 18.2. The normalized spacial score (nSPS) is 14.9. The van der Waals surface area contributed by atoms with Crippen LogP contribution >= 0.6 is 0 Å². The number of allylic oxidation sites excluding steroid dienone is 8. The van der Waals surface area contributed by atoms with E-state index in [-0.39, 0.29) is 0 Å². The number of hydrogen-bond donors (Lipinski definition) is 0. The Balaban J connectivity index is 1.52. The Hall–Kier alpha value is -4.42. The second kappa shape index (κ2) is 8.91. The van der Waals surface area contributed by atoms with Crippen LogP contribution in [0.2, 0.25) is 0 Å². The molecule has 0 unspecified atom stereocenters. The lowest BCUT2D eigenvalue weighted by molar-refractivity contribution is 1.42. The first kappa shape index (κ1) is 21.8. The molecule has 0 aliphatic heterocycles. The number of benzene rings is 5. The topological polar surface area (TPSA) is 0 Å². The van der Waals surface area contributed by atoms with Gasteiger partial charge in [-0.05, 0) is 103 Å². The van der Waals surface area contributed by atoms with Gasteiger partial charge in [-0.1, -0.05) is 115 Å². The highest BCUT2D eigenvalue weighted by Gasteiger charge is 2.15. The Morgan fingerprint density at radius 1 is 0.622 bits per heavy atom. The molecule has 0 fully saturated rings. The zero-order valence-corrected chi connectivity index (χ0v) is 21.0. The van der Waals surface area contributed by atoms with Gasteiger partial charge < -0.3 is 0 Å². The Bertz CT molecular complexity index is 1970. The van der Waals surface area contributed by atoms with Gasteiger partial charge in [-0.25, -0.2) is 0 Å². The molecule has 0 heteroatoms. The maximum atomic E-state index is 2.43. The molecule has 0 nitrogen and oxygen atoms in total. The summed E-state index contributed by atoms with van der Waals surface area (Å²) in [5.41, 5.74) is 6.56. The number of fused-ring (bicyclic) bond motifs is 4. The van der Waals surface area contributed by atoms with Crippen molar-refractivity contribution in [2.45, 2.75) is 19.8 Å². The predicted octanol–water partition coefficient (Wildman–Crippen LogP) is 8.40. The molecule has 5 aromatic rings. The van der Waals surface area contributed by atoms with Gasteiger partial charge in [0.2, 0.25) is 0 Å². The molecule has 0 aromatic heterocycles. The minimum absolute atomic E-state index is 0.904. The zero-order valence-electron chi connectivity index (χ0n) is 21.0. The van der Waals surface area contributed by atoms with E-state index in [1.807, 2.05) is 0 Å². The molecule has 0 atom stereocenters. The monoisotopic (exact) mass is 472 g/mol. The second-order valence-electron chi connectivity index (χ2n) is 10.2. The average molecular weight is 473 g/mol. The third-order valence-corrected chi connectivity index (χ3v) is 7.70. The van der Waals surface area contributed by atoms with Crippen molar-refractivity contribution in [1.82, 2.24) is 0 Å². The molecule has 0 radical (unpaired) electrons. The van der Waals surface area contributed by atoms with Crippen molar-refractivity contribution in [2.24, 2.45) is 0 Å². The van der Waals surface area contributed by atoms with Crippen molar-refractivity contribution in [2.75, 3.05) is 0 Å². The molecule has 2 aliphatic rings. The van der Waals surface area contributed by atoms with Crippen molar-refractivity contribution in [1.29, 1.82) is 0 Å². The second-order valence-corrected chi connectivity index (χ2v) is 10.2. The lowest BCUT2D eigenvalue weighted by Gasteiger charge is -2.16. The summed E-state index contributed by atoms with van der Waals surface area (Å²) >= 11 is 0. The fourth-order valence-electron chi connectivity index (χ4n) is 5.92. The van der Waals surface area contributed by atoms with Gasteiger partial charge in [0.1, 0.15) is 0 Å². The fourth-order valence-corrected chi connectivity index (χ4v) is 5.92. The van der Waals surface area contributed by atoms with Crippen LogP contribution in [-0.4, -0.2) is 0 Å². The molecule has 0 bridgehead atoms. The van der Waals surface area contributed by atoms with Gasteiger partial charge in [0.15, 0.2) is 0 Å². The lowest BCUT2D eigenvalue weighted by Crippen LogP contribution is -2.23. The predicted molar refractivity (Wildman–Crippen MR) is 162 cm³/mol. The van der Waals surface area contributed by atoms with Crippen LogP contribution in [0.15, 0.2) is 115 Å². The molecule has 176 valence electrons. The van der Waals surface area contributed by atoms with Gasteiger partial charge in [-0.15, -0.1) is 0 Å². The fraction of sp³-hybridized carbons (Fsp3) is 0.0811. The molecule has 0 N–H and O–H groups in total. The quantitative estimate of drug-likeness (QED) is 0.226. The molecule has 0 amide bonds. The number of rotatable bonds is 2. The Kier molecular flexibility index (Phi) is 5.26. The van der Waals surface area contributed by atoms with Gasteiger partial charge in [0.25, 0.3) is 0 Å². The number of hydrogen-bond acceptors (Lipinski definition) is 0. The molecule has 37 heavy (non-hydrogen) atoms. The van der Waals surface area contributed by atoms with Crippen LogP contribution in [0, 0.1) is 6.92 Å². The van der Waals surface area contributed by atoms with E-state index >= 15 is 0 Å². The van der Waals surface area contributed by atoms with E-state index in [2.05, 4.69) is 134 Å². The van der Waals surface area contributed by atoms with Crippen LogP contribution < -0.4 is 10.4 Å². The molecular weight excluding hydrogens is 444 g/mol. The summed E-state index contributed by atoms with van der Waals surface area (Å²) in [5, 5.41) is 10.4. The molecule has 0 saturated carbocycles. The summed E-state index contributed by atoms with van der Waals surface area (Å²) in [7, 11) is 0. The van der Waals surface area contributed by atoms with E-state index in [0.717, 1.165) is 12.8 Å². The minimum Gasteiger partial charge on any atom is -0.0807 e. The van der Waals surface area contributed by atoms with Gasteiger partial charge in [-0.2, -0.15) is 0 Å². The Morgan fingerprint density at radius 3 is 2.46 bits per heavy atom. The SMILES string of the molecule is Cc1ccc2c(C3=CC=CCC(c4c5ccccc5cc5cc6c(cc45)=CCC=CC=6)=C3)cccc2c1. The van der Waals surface area contributed by atoms with E-state index in [1.165, 1.54) is 70.6 Å².